The van der Waals surface area contributed by atoms with Crippen LogP contribution >= 0.6 is 24.0 Å². The maximum atomic E-state index is 4.44. The van der Waals surface area contributed by atoms with E-state index in [0.29, 0.717) is 6.04 Å². The molecule has 2 fully saturated rings. The van der Waals surface area contributed by atoms with E-state index in [2.05, 4.69) is 33.6 Å². The molecule has 2 N–H and O–H groups in total. The molecule has 0 bridgehead atoms. The van der Waals surface area contributed by atoms with Crippen LogP contribution in [0, 0.1) is 18.8 Å². The number of pyridine rings is 1. The minimum atomic E-state index is 0. The van der Waals surface area contributed by atoms with Gasteiger partial charge in [-0.2, -0.15) is 0 Å². The quantitative estimate of drug-likeness (QED) is 0.422. The highest BCUT2D eigenvalue weighted by Crippen LogP contribution is 2.40. The van der Waals surface area contributed by atoms with Crippen molar-refractivity contribution in [1.82, 2.24) is 15.6 Å². The van der Waals surface area contributed by atoms with Gasteiger partial charge in [-0.25, -0.2) is 0 Å². The monoisotopic (exact) mass is 442 g/mol. The fraction of sp³-hybridized carbons (Fsp3) is 0.684. The summed E-state index contributed by atoms with van der Waals surface area (Å²) in [6.07, 6.45) is 11.6. The molecule has 4 nitrogen and oxygen atoms in total. The van der Waals surface area contributed by atoms with E-state index in [1.165, 1.54) is 50.5 Å². The largest absolute Gasteiger partial charge is 0.354 e. The van der Waals surface area contributed by atoms with E-state index in [4.69, 9.17) is 0 Å². The van der Waals surface area contributed by atoms with Gasteiger partial charge in [0.2, 0.25) is 0 Å². The SMILES string of the molecule is CN=C(NCc1ncccc1C)NC1CCC2CCCCC2C1.I. The minimum absolute atomic E-state index is 0. The number of hydrogen-bond acceptors (Lipinski definition) is 2. The lowest BCUT2D eigenvalue weighted by atomic mass is 9.69. The molecular weight excluding hydrogens is 411 g/mol. The average Bonchev–Trinajstić information content (AvgIpc) is 2.59. The van der Waals surface area contributed by atoms with Crippen molar-refractivity contribution in [3.63, 3.8) is 0 Å². The van der Waals surface area contributed by atoms with Gasteiger partial charge in [0.05, 0.1) is 12.2 Å². The number of nitrogens with one attached hydrogen (secondary N) is 2. The molecule has 3 atom stereocenters. The standard InChI is InChI=1S/C19H30N4.HI/c1-14-6-5-11-21-18(14)13-22-19(20-2)23-17-10-9-15-7-3-4-8-16(15)12-17;/h5-6,11,15-17H,3-4,7-10,12-13H2,1-2H3,(H2,20,22,23);1H. The van der Waals surface area contributed by atoms with Gasteiger partial charge in [-0.3, -0.25) is 9.98 Å². The molecule has 0 amide bonds. The Morgan fingerprint density at radius 2 is 2.00 bits per heavy atom. The highest BCUT2D eigenvalue weighted by molar-refractivity contribution is 14.0. The van der Waals surface area contributed by atoms with Crippen LogP contribution < -0.4 is 10.6 Å². The van der Waals surface area contributed by atoms with Crippen molar-refractivity contribution in [2.24, 2.45) is 16.8 Å². The summed E-state index contributed by atoms with van der Waals surface area (Å²) < 4.78 is 0. The fourth-order valence-electron chi connectivity index (χ4n) is 4.26. The molecule has 24 heavy (non-hydrogen) atoms. The second-order valence-corrected chi connectivity index (χ2v) is 7.15. The Morgan fingerprint density at radius 1 is 1.21 bits per heavy atom. The van der Waals surface area contributed by atoms with E-state index in [9.17, 15) is 0 Å². The topological polar surface area (TPSA) is 49.3 Å². The van der Waals surface area contributed by atoms with Crippen LogP contribution in [0.25, 0.3) is 0 Å². The van der Waals surface area contributed by atoms with Crippen LogP contribution in [0.1, 0.15) is 56.2 Å². The number of rotatable bonds is 3. The molecular formula is C19H31IN4. The molecule has 5 heteroatoms. The van der Waals surface area contributed by atoms with Gasteiger partial charge < -0.3 is 10.6 Å². The number of fused-ring (bicyclic) bond motifs is 1. The Labute approximate surface area is 163 Å². The maximum Gasteiger partial charge on any atom is 0.191 e. The maximum absolute atomic E-state index is 4.44. The summed E-state index contributed by atoms with van der Waals surface area (Å²) >= 11 is 0. The van der Waals surface area contributed by atoms with Gasteiger partial charge in [-0.1, -0.05) is 31.7 Å². The van der Waals surface area contributed by atoms with Crippen molar-refractivity contribution in [2.45, 2.75) is 64.5 Å². The minimum Gasteiger partial charge on any atom is -0.354 e. The molecule has 0 aliphatic heterocycles. The molecule has 0 spiro atoms. The smallest absolute Gasteiger partial charge is 0.191 e. The van der Waals surface area contributed by atoms with E-state index in [1.54, 1.807) is 0 Å². The molecule has 1 aromatic heterocycles. The van der Waals surface area contributed by atoms with Crippen molar-refractivity contribution in [2.75, 3.05) is 7.05 Å². The van der Waals surface area contributed by atoms with Gasteiger partial charge in [0.1, 0.15) is 0 Å². The lowest BCUT2D eigenvalue weighted by Gasteiger charge is -2.39. The molecule has 134 valence electrons. The number of hydrogen-bond donors (Lipinski definition) is 2. The third-order valence-electron chi connectivity index (χ3n) is 5.65. The van der Waals surface area contributed by atoms with Crippen molar-refractivity contribution in [3.8, 4) is 0 Å². The van der Waals surface area contributed by atoms with Gasteiger partial charge >= 0.3 is 0 Å². The second kappa shape index (κ2) is 9.59. The first-order valence-corrected chi connectivity index (χ1v) is 9.14. The van der Waals surface area contributed by atoms with Crippen molar-refractivity contribution < 1.29 is 0 Å². The van der Waals surface area contributed by atoms with E-state index >= 15 is 0 Å². The third-order valence-corrected chi connectivity index (χ3v) is 5.65. The van der Waals surface area contributed by atoms with Gasteiger partial charge in [-0.15, -0.1) is 24.0 Å². The van der Waals surface area contributed by atoms with E-state index in [-0.39, 0.29) is 24.0 Å². The van der Waals surface area contributed by atoms with Crippen LogP contribution in [-0.2, 0) is 6.54 Å². The van der Waals surface area contributed by atoms with Gasteiger partial charge in [-0.05, 0) is 49.7 Å². The molecule has 1 heterocycles. The summed E-state index contributed by atoms with van der Waals surface area (Å²) in [6.45, 7) is 2.83. The van der Waals surface area contributed by atoms with Crippen LogP contribution in [0.15, 0.2) is 23.3 Å². The van der Waals surface area contributed by atoms with Gasteiger partial charge in [0.25, 0.3) is 0 Å². The van der Waals surface area contributed by atoms with E-state index in [0.717, 1.165) is 30.0 Å². The zero-order chi connectivity index (χ0) is 16.1. The number of aliphatic imine (C=N–C) groups is 1. The Morgan fingerprint density at radius 3 is 2.75 bits per heavy atom. The highest BCUT2D eigenvalue weighted by Gasteiger charge is 2.32. The summed E-state index contributed by atoms with van der Waals surface area (Å²) in [5.74, 6) is 2.84. The van der Waals surface area contributed by atoms with Crippen LogP contribution in [0.3, 0.4) is 0 Å². The summed E-state index contributed by atoms with van der Waals surface area (Å²) in [5, 5.41) is 7.06. The van der Waals surface area contributed by atoms with Gasteiger partial charge in [0, 0.05) is 19.3 Å². The zero-order valence-corrected chi connectivity index (χ0v) is 17.3. The molecule has 2 aliphatic rings. The van der Waals surface area contributed by atoms with Gasteiger partial charge in [0.15, 0.2) is 5.96 Å². The predicted molar refractivity (Wildman–Crippen MR) is 111 cm³/mol. The summed E-state index contributed by atoms with van der Waals surface area (Å²) in [7, 11) is 1.85. The van der Waals surface area contributed by atoms with Crippen LogP contribution in [0.5, 0.6) is 0 Å². The predicted octanol–water partition coefficient (Wildman–Crippen LogP) is 4.03. The van der Waals surface area contributed by atoms with Crippen molar-refractivity contribution in [3.05, 3.63) is 29.6 Å². The molecule has 2 aliphatic carbocycles. The van der Waals surface area contributed by atoms with E-state index in [1.807, 2.05) is 19.3 Å². The van der Waals surface area contributed by atoms with Crippen LogP contribution in [0.4, 0.5) is 0 Å². The molecule has 0 radical (unpaired) electrons. The first-order chi connectivity index (χ1) is 11.3. The number of halogens is 1. The third kappa shape index (κ3) is 5.07. The average molecular weight is 442 g/mol. The number of guanidine groups is 1. The lowest BCUT2D eigenvalue weighted by molar-refractivity contribution is 0.150. The first-order valence-electron chi connectivity index (χ1n) is 9.14. The second-order valence-electron chi connectivity index (χ2n) is 7.15. The Bertz CT molecular complexity index is 546. The number of nitrogens with zero attached hydrogens (tertiary/aromatic N) is 2. The molecule has 2 saturated carbocycles. The lowest BCUT2D eigenvalue weighted by Crippen LogP contribution is -2.46. The summed E-state index contributed by atoms with van der Waals surface area (Å²) in [4.78, 5) is 8.84. The van der Waals surface area contributed by atoms with Crippen LogP contribution in [-0.4, -0.2) is 24.0 Å². The zero-order valence-electron chi connectivity index (χ0n) is 14.9. The van der Waals surface area contributed by atoms with E-state index < -0.39 is 0 Å². The first kappa shape index (κ1) is 19.5. The molecule has 1 aromatic rings. The summed E-state index contributed by atoms with van der Waals surface area (Å²) in [5.41, 5.74) is 2.31. The fourth-order valence-corrected chi connectivity index (χ4v) is 4.26. The molecule has 3 unspecified atom stereocenters. The molecule has 0 saturated heterocycles. The number of aromatic nitrogens is 1. The van der Waals surface area contributed by atoms with Crippen molar-refractivity contribution >= 4 is 29.9 Å². The Kier molecular flexibility index (Phi) is 7.78. The molecule has 0 aromatic carbocycles. The van der Waals surface area contributed by atoms with Crippen LogP contribution in [0.2, 0.25) is 0 Å². The van der Waals surface area contributed by atoms with Crippen molar-refractivity contribution in [1.29, 1.82) is 0 Å². The molecule has 3 rings (SSSR count). The Balaban J connectivity index is 0.00000208. The summed E-state index contributed by atoms with van der Waals surface area (Å²) in [6, 6.07) is 4.66. The number of aryl methyl sites for hydroxylation is 1. The highest BCUT2D eigenvalue weighted by atomic mass is 127. The normalized spacial score (nSPS) is 26.9. The Hall–Kier alpha value is -0.850.